The van der Waals surface area contributed by atoms with Gasteiger partial charge in [-0.3, -0.25) is 4.79 Å². The fourth-order valence-corrected chi connectivity index (χ4v) is 3.62. The SMILES string of the molecule is [C-]#[N+]c1ccc2c(c1)NC(=O)c1cc(-c3ccnc(N4CCOCC4)c3)ccc1O2. The van der Waals surface area contributed by atoms with E-state index in [9.17, 15) is 4.79 Å². The molecule has 5 rings (SSSR count). The lowest BCUT2D eigenvalue weighted by Crippen LogP contribution is -2.36. The minimum absolute atomic E-state index is 0.268. The van der Waals surface area contributed by atoms with Crippen LogP contribution >= 0.6 is 0 Å². The zero-order valence-corrected chi connectivity index (χ0v) is 16.1. The van der Waals surface area contributed by atoms with Crippen molar-refractivity contribution in [2.45, 2.75) is 0 Å². The standard InChI is InChI=1S/C23H18N4O3/c1-24-17-3-5-21-19(14-17)26-23(28)18-12-15(2-4-20(18)30-21)16-6-7-25-22(13-16)27-8-10-29-11-9-27/h2-7,12-14H,8-11H2,(H,26,28). The molecule has 1 amide bonds. The van der Waals surface area contributed by atoms with Crippen molar-refractivity contribution >= 4 is 23.1 Å². The monoisotopic (exact) mass is 398 g/mol. The van der Waals surface area contributed by atoms with Gasteiger partial charge in [0.1, 0.15) is 17.3 Å². The van der Waals surface area contributed by atoms with Crippen LogP contribution in [0.5, 0.6) is 11.5 Å². The van der Waals surface area contributed by atoms with E-state index in [0.29, 0.717) is 41.7 Å². The first-order valence-electron chi connectivity index (χ1n) is 9.65. The van der Waals surface area contributed by atoms with Crippen LogP contribution in [0.2, 0.25) is 0 Å². The Balaban J connectivity index is 1.49. The maximum atomic E-state index is 12.9. The zero-order chi connectivity index (χ0) is 20.5. The largest absolute Gasteiger partial charge is 0.454 e. The number of hydrogen-bond acceptors (Lipinski definition) is 5. The number of carbonyl (C=O) groups is 1. The minimum atomic E-state index is -0.268. The Morgan fingerprint density at radius 2 is 1.80 bits per heavy atom. The normalized spacial score (nSPS) is 15.2. The van der Waals surface area contributed by atoms with Crippen LogP contribution in [-0.4, -0.2) is 37.2 Å². The van der Waals surface area contributed by atoms with Crippen molar-refractivity contribution in [3.05, 3.63) is 71.7 Å². The topological polar surface area (TPSA) is 68.1 Å². The summed E-state index contributed by atoms with van der Waals surface area (Å²) in [5.74, 6) is 1.62. The number of rotatable bonds is 2. The minimum Gasteiger partial charge on any atom is -0.454 e. The summed E-state index contributed by atoms with van der Waals surface area (Å²) in [5.41, 5.74) is 3.25. The highest BCUT2D eigenvalue weighted by molar-refractivity contribution is 6.09. The third-order valence-corrected chi connectivity index (χ3v) is 5.20. The van der Waals surface area contributed by atoms with E-state index >= 15 is 0 Å². The third-order valence-electron chi connectivity index (χ3n) is 5.20. The maximum Gasteiger partial charge on any atom is 0.259 e. The molecule has 0 spiro atoms. The molecule has 30 heavy (non-hydrogen) atoms. The van der Waals surface area contributed by atoms with E-state index in [1.165, 1.54) is 0 Å². The van der Waals surface area contributed by atoms with E-state index in [2.05, 4.69) is 20.0 Å². The van der Waals surface area contributed by atoms with Gasteiger partial charge in [0, 0.05) is 19.3 Å². The summed E-state index contributed by atoms with van der Waals surface area (Å²) in [6.07, 6.45) is 1.78. The van der Waals surface area contributed by atoms with E-state index in [-0.39, 0.29) is 5.91 Å². The fourth-order valence-electron chi connectivity index (χ4n) is 3.62. The van der Waals surface area contributed by atoms with Gasteiger partial charge >= 0.3 is 0 Å². The molecule has 1 aromatic heterocycles. The van der Waals surface area contributed by atoms with Gasteiger partial charge in [0.2, 0.25) is 0 Å². The summed E-state index contributed by atoms with van der Waals surface area (Å²) in [7, 11) is 0. The van der Waals surface area contributed by atoms with Crippen LogP contribution in [0.4, 0.5) is 17.2 Å². The molecular formula is C23H18N4O3. The van der Waals surface area contributed by atoms with Crippen molar-refractivity contribution in [1.29, 1.82) is 0 Å². The molecule has 1 N–H and O–H groups in total. The lowest BCUT2D eigenvalue weighted by Gasteiger charge is -2.28. The molecule has 0 unspecified atom stereocenters. The third kappa shape index (κ3) is 3.34. The van der Waals surface area contributed by atoms with E-state index < -0.39 is 0 Å². The van der Waals surface area contributed by atoms with E-state index in [1.54, 1.807) is 30.5 Å². The fraction of sp³-hybridized carbons (Fsp3) is 0.174. The molecule has 7 heteroatoms. The zero-order valence-electron chi connectivity index (χ0n) is 16.1. The smallest absolute Gasteiger partial charge is 0.259 e. The number of aromatic nitrogens is 1. The predicted molar refractivity (Wildman–Crippen MR) is 113 cm³/mol. The number of nitrogens with zero attached hydrogens (tertiary/aromatic N) is 3. The molecule has 0 radical (unpaired) electrons. The molecule has 148 valence electrons. The maximum absolute atomic E-state index is 12.9. The van der Waals surface area contributed by atoms with Gasteiger partial charge in [0.05, 0.1) is 31.0 Å². The Morgan fingerprint density at radius 3 is 2.63 bits per heavy atom. The predicted octanol–water partition coefficient (Wildman–Crippen LogP) is 4.49. The molecule has 7 nitrogen and oxygen atoms in total. The van der Waals surface area contributed by atoms with Crippen LogP contribution < -0.4 is 15.0 Å². The number of anilines is 2. The summed E-state index contributed by atoms with van der Waals surface area (Å²) in [4.78, 5) is 23.0. The molecule has 1 saturated heterocycles. The number of benzene rings is 2. The van der Waals surface area contributed by atoms with Crippen molar-refractivity contribution in [1.82, 2.24) is 4.98 Å². The van der Waals surface area contributed by atoms with Crippen LogP contribution in [0.3, 0.4) is 0 Å². The van der Waals surface area contributed by atoms with Crippen LogP contribution in [-0.2, 0) is 4.74 Å². The van der Waals surface area contributed by atoms with E-state index in [0.717, 1.165) is 30.0 Å². The van der Waals surface area contributed by atoms with E-state index in [1.807, 2.05) is 24.3 Å². The quantitative estimate of drug-likeness (QED) is 0.644. The highest BCUT2D eigenvalue weighted by atomic mass is 16.5. The average Bonchev–Trinajstić information content (AvgIpc) is 2.94. The highest BCUT2D eigenvalue weighted by Gasteiger charge is 2.22. The number of nitrogens with one attached hydrogen (secondary N) is 1. The average molecular weight is 398 g/mol. The molecule has 0 aliphatic carbocycles. The molecule has 3 aromatic rings. The van der Waals surface area contributed by atoms with Gasteiger partial charge in [0.25, 0.3) is 5.91 Å². The van der Waals surface area contributed by atoms with Crippen molar-refractivity contribution in [3.63, 3.8) is 0 Å². The van der Waals surface area contributed by atoms with E-state index in [4.69, 9.17) is 16.0 Å². The van der Waals surface area contributed by atoms with Crippen LogP contribution in [0.15, 0.2) is 54.7 Å². The van der Waals surface area contributed by atoms with Crippen LogP contribution in [0, 0.1) is 6.57 Å². The van der Waals surface area contributed by atoms with Gasteiger partial charge < -0.3 is 19.7 Å². The number of ether oxygens (including phenoxy) is 2. The van der Waals surface area contributed by atoms with Gasteiger partial charge in [-0.2, -0.15) is 0 Å². The molecule has 2 aliphatic rings. The Hall–Kier alpha value is -3.89. The number of fused-ring (bicyclic) bond motifs is 2. The summed E-state index contributed by atoms with van der Waals surface area (Å²) < 4.78 is 11.4. The van der Waals surface area contributed by atoms with Crippen LogP contribution in [0.25, 0.3) is 16.0 Å². The van der Waals surface area contributed by atoms with Gasteiger partial charge in [-0.05, 0) is 47.5 Å². The molecule has 2 aliphatic heterocycles. The molecule has 0 bridgehead atoms. The number of amides is 1. The van der Waals surface area contributed by atoms with Crippen molar-refractivity contribution in [2.75, 3.05) is 36.5 Å². The number of carbonyl (C=O) groups excluding carboxylic acids is 1. The number of morpholine rings is 1. The summed E-state index contributed by atoms with van der Waals surface area (Å²) in [5, 5.41) is 2.85. The summed E-state index contributed by atoms with van der Waals surface area (Å²) in [6, 6.07) is 14.5. The van der Waals surface area contributed by atoms with Gasteiger partial charge in [0.15, 0.2) is 5.69 Å². The highest BCUT2D eigenvalue weighted by Crippen LogP contribution is 2.39. The molecular weight excluding hydrogens is 380 g/mol. The van der Waals surface area contributed by atoms with Gasteiger partial charge in [-0.25, -0.2) is 9.83 Å². The Morgan fingerprint density at radius 1 is 1.00 bits per heavy atom. The Labute approximate surface area is 173 Å². The number of hydrogen-bond donors (Lipinski definition) is 1. The first-order chi connectivity index (χ1) is 14.7. The Bertz CT molecular complexity index is 1180. The van der Waals surface area contributed by atoms with Crippen molar-refractivity contribution < 1.29 is 14.3 Å². The van der Waals surface area contributed by atoms with Gasteiger partial charge in [-0.15, -0.1) is 0 Å². The second-order valence-corrected chi connectivity index (χ2v) is 7.06. The molecule has 0 atom stereocenters. The second kappa shape index (κ2) is 7.50. The molecule has 3 heterocycles. The summed E-state index contributed by atoms with van der Waals surface area (Å²) >= 11 is 0. The summed E-state index contributed by atoms with van der Waals surface area (Å²) in [6.45, 7) is 10.2. The first-order valence-corrected chi connectivity index (χ1v) is 9.65. The molecule has 2 aromatic carbocycles. The van der Waals surface area contributed by atoms with Gasteiger partial charge in [-0.1, -0.05) is 12.1 Å². The number of pyridine rings is 1. The molecule has 1 fully saturated rings. The van der Waals surface area contributed by atoms with Crippen molar-refractivity contribution in [2.24, 2.45) is 0 Å². The lowest BCUT2D eigenvalue weighted by molar-refractivity contribution is 0.102. The lowest BCUT2D eigenvalue weighted by atomic mass is 10.0. The van der Waals surface area contributed by atoms with Crippen LogP contribution in [0.1, 0.15) is 10.4 Å². The van der Waals surface area contributed by atoms with Crippen molar-refractivity contribution in [3.8, 4) is 22.6 Å². The second-order valence-electron chi connectivity index (χ2n) is 7.06. The first kappa shape index (κ1) is 18.2. The Kier molecular flexibility index (Phi) is 4.54. The molecule has 0 saturated carbocycles.